The number of hydrogen-bond donors (Lipinski definition) is 0. The van der Waals surface area contributed by atoms with E-state index in [0.717, 1.165) is 5.56 Å². The molecule has 0 fully saturated rings. The molecule has 0 saturated carbocycles. The van der Waals surface area contributed by atoms with Crippen molar-refractivity contribution >= 4 is 22.6 Å². The number of carbonyl (C=O) groups is 1. The quantitative estimate of drug-likeness (QED) is 0.199. The summed E-state index contributed by atoms with van der Waals surface area (Å²) in [6.07, 6.45) is 0. The fourth-order valence-corrected chi connectivity index (χ4v) is 5.19. The van der Waals surface area contributed by atoms with E-state index < -0.39 is 6.04 Å². The van der Waals surface area contributed by atoms with Crippen LogP contribution in [-0.2, 0) is 6.61 Å². The number of ether oxygens (including phenoxy) is 3. The molecule has 1 atom stereocenters. The van der Waals surface area contributed by atoms with Crippen LogP contribution >= 0.6 is 0 Å². The first kappa shape index (κ1) is 26.2. The zero-order valence-electron chi connectivity index (χ0n) is 22.8. The van der Waals surface area contributed by atoms with E-state index in [4.69, 9.17) is 18.6 Å². The zero-order valence-corrected chi connectivity index (χ0v) is 22.8. The number of fused-ring (bicyclic) bond motifs is 2. The van der Waals surface area contributed by atoms with Crippen LogP contribution < -0.4 is 24.5 Å². The van der Waals surface area contributed by atoms with Crippen molar-refractivity contribution in [2.75, 3.05) is 18.1 Å². The van der Waals surface area contributed by atoms with Crippen LogP contribution in [0.5, 0.6) is 17.2 Å². The van der Waals surface area contributed by atoms with Crippen LogP contribution in [0.15, 0.2) is 106 Å². The standard InChI is InChI=1S/C34H29NO6/c1-3-38-25-17-15-24(16-18-25)35-31(30-32(36)26-12-8-9-13-27(26)41-33(30)34(35)37)23-14-19-28(29(20-23)39-4-2)40-21-22-10-6-5-7-11-22/h5-20,31H,3-4,21H2,1-2H3. The summed E-state index contributed by atoms with van der Waals surface area (Å²) in [5.41, 5.74) is 2.76. The number of hydrogen-bond acceptors (Lipinski definition) is 6. The summed E-state index contributed by atoms with van der Waals surface area (Å²) >= 11 is 0. The third kappa shape index (κ3) is 4.91. The van der Waals surface area contributed by atoms with Gasteiger partial charge in [0, 0.05) is 5.69 Å². The van der Waals surface area contributed by atoms with Gasteiger partial charge in [-0.25, -0.2) is 0 Å². The average Bonchev–Trinajstić information content (AvgIpc) is 3.30. The highest BCUT2D eigenvalue weighted by Gasteiger charge is 2.44. The van der Waals surface area contributed by atoms with Crippen LogP contribution in [0.3, 0.4) is 0 Å². The van der Waals surface area contributed by atoms with E-state index in [-0.39, 0.29) is 17.1 Å². The summed E-state index contributed by atoms with van der Waals surface area (Å²) < 4.78 is 23.8. The molecule has 0 aliphatic carbocycles. The number of nitrogens with zero attached hydrogens (tertiary/aromatic N) is 1. The summed E-state index contributed by atoms with van der Waals surface area (Å²) in [4.78, 5) is 29.4. The Balaban J connectivity index is 1.47. The molecule has 0 radical (unpaired) electrons. The number of rotatable bonds is 9. The van der Waals surface area contributed by atoms with Gasteiger partial charge < -0.3 is 18.6 Å². The van der Waals surface area contributed by atoms with Crippen molar-refractivity contribution in [3.05, 3.63) is 130 Å². The lowest BCUT2D eigenvalue weighted by molar-refractivity contribution is 0.0971. The van der Waals surface area contributed by atoms with Gasteiger partial charge in [0.25, 0.3) is 5.91 Å². The first-order valence-electron chi connectivity index (χ1n) is 13.6. The van der Waals surface area contributed by atoms with Gasteiger partial charge in [0.1, 0.15) is 17.9 Å². The monoisotopic (exact) mass is 547 g/mol. The topological polar surface area (TPSA) is 78.2 Å². The van der Waals surface area contributed by atoms with Gasteiger partial charge in [-0.1, -0.05) is 48.5 Å². The molecule has 5 aromatic rings. The predicted octanol–water partition coefficient (Wildman–Crippen LogP) is 6.92. The highest BCUT2D eigenvalue weighted by Crippen LogP contribution is 2.43. The normalized spacial score (nSPS) is 14.2. The molecule has 1 unspecified atom stereocenters. The van der Waals surface area contributed by atoms with Crippen molar-refractivity contribution in [2.45, 2.75) is 26.5 Å². The van der Waals surface area contributed by atoms with Gasteiger partial charge in [0.05, 0.1) is 30.2 Å². The summed E-state index contributed by atoms with van der Waals surface area (Å²) in [5.74, 6) is 1.44. The molecule has 0 spiro atoms. The van der Waals surface area contributed by atoms with Crippen molar-refractivity contribution in [3.8, 4) is 17.2 Å². The summed E-state index contributed by atoms with van der Waals surface area (Å²) in [6.45, 7) is 5.13. The minimum atomic E-state index is -0.737. The number of benzene rings is 4. The van der Waals surface area contributed by atoms with Crippen molar-refractivity contribution in [1.82, 2.24) is 0 Å². The Bertz CT molecular complexity index is 1760. The third-order valence-electron chi connectivity index (χ3n) is 7.02. The van der Waals surface area contributed by atoms with Gasteiger partial charge in [-0.05, 0) is 73.5 Å². The van der Waals surface area contributed by atoms with Crippen molar-refractivity contribution in [2.24, 2.45) is 0 Å². The average molecular weight is 548 g/mol. The van der Waals surface area contributed by atoms with E-state index in [9.17, 15) is 9.59 Å². The Labute approximate surface area is 237 Å². The number of amides is 1. The Kier molecular flexibility index (Phi) is 7.17. The summed E-state index contributed by atoms with van der Waals surface area (Å²) in [7, 11) is 0. The van der Waals surface area contributed by atoms with E-state index in [1.165, 1.54) is 0 Å². The molecule has 7 nitrogen and oxygen atoms in total. The Morgan fingerprint density at radius 1 is 0.756 bits per heavy atom. The minimum Gasteiger partial charge on any atom is -0.494 e. The van der Waals surface area contributed by atoms with Gasteiger partial charge >= 0.3 is 0 Å². The molecule has 7 heteroatoms. The van der Waals surface area contributed by atoms with Gasteiger partial charge in [-0.3, -0.25) is 14.5 Å². The lowest BCUT2D eigenvalue weighted by Crippen LogP contribution is -2.29. The molecule has 0 saturated heterocycles. The van der Waals surface area contributed by atoms with Crippen LogP contribution in [0.25, 0.3) is 11.0 Å². The van der Waals surface area contributed by atoms with Crippen LogP contribution in [0, 0.1) is 0 Å². The molecule has 1 aliphatic heterocycles. The molecule has 1 aliphatic rings. The van der Waals surface area contributed by atoms with Gasteiger partial charge in [-0.15, -0.1) is 0 Å². The summed E-state index contributed by atoms with van der Waals surface area (Å²) in [5, 5.41) is 0.422. The molecule has 1 aromatic heterocycles. The van der Waals surface area contributed by atoms with Crippen LogP contribution in [0.2, 0.25) is 0 Å². The van der Waals surface area contributed by atoms with E-state index >= 15 is 0 Å². The van der Waals surface area contributed by atoms with Crippen molar-refractivity contribution in [1.29, 1.82) is 0 Å². The second kappa shape index (κ2) is 11.2. The van der Waals surface area contributed by atoms with E-state index in [1.807, 2.05) is 86.6 Å². The molecule has 41 heavy (non-hydrogen) atoms. The maximum absolute atomic E-state index is 13.9. The first-order chi connectivity index (χ1) is 20.1. The third-order valence-corrected chi connectivity index (χ3v) is 7.02. The maximum Gasteiger partial charge on any atom is 0.295 e. The lowest BCUT2D eigenvalue weighted by Gasteiger charge is -2.26. The molecule has 1 amide bonds. The van der Waals surface area contributed by atoms with E-state index in [0.29, 0.717) is 64.9 Å². The van der Waals surface area contributed by atoms with Crippen LogP contribution in [-0.4, -0.2) is 19.1 Å². The second-order valence-electron chi connectivity index (χ2n) is 9.59. The van der Waals surface area contributed by atoms with Crippen molar-refractivity contribution in [3.63, 3.8) is 0 Å². The molecule has 4 aromatic carbocycles. The Hall–Kier alpha value is -5.04. The molecule has 0 N–H and O–H groups in total. The van der Waals surface area contributed by atoms with Crippen molar-refractivity contribution < 1.29 is 23.4 Å². The van der Waals surface area contributed by atoms with Gasteiger partial charge in [0.2, 0.25) is 5.76 Å². The minimum absolute atomic E-state index is 0.0370. The highest BCUT2D eigenvalue weighted by molar-refractivity contribution is 6.10. The van der Waals surface area contributed by atoms with E-state index in [1.54, 1.807) is 29.2 Å². The second-order valence-corrected chi connectivity index (χ2v) is 9.59. The molecular formula is C34H29NO6. The van der Waals surface area contributed by atoms with Crippen LogP contribution in [0.1, 0.15) is 47.1 Å². The molecule has 206 valence electrons. The largest absolute Gasteiger partial charge is 0.494 e. The maximum atomic E-state index is 13.9. The Morgan fingerprint density at radius 2 is 1.49 bits per heavy atom. The van der Waals surface area contributed by atoms with E-state index in [2.05, 4.69) is 0 Å². The smallest absolute Gasteiger partial charge is 0.295 e. The lowest BCUT2D eigenvalue weighted by atomic mass is 9.97. The number of para-hydroxylation sites is 1. The SMILES string of the molecule is CCOc1ccc(N2C(=O)c3oc4ccccc4c(=O)c3C2c2ccc(OCc3ccccc3)c(OCC)c2)cc1. The molecule has 0 bridgehead atoms. The predicted molar refractivity (Wildman–Crippen MR) is 157 cm³/mol. The molecule has 2 heterocycles. The fourth-order valence-electron chi connectivity index (χ4n) is 5.19. The fraction of sp³-hybridized carbons (Fsp3) is 0.176. The Morgan fingerprint density at radius 3 is 2.24 bits per heavy atom. The molecule has 6 rings (SSSR count). The summed E-state index contributed by atoms with van der Waals surface area (Å²) in [6, 6.07) is 28.9. The number of anilines is 1. The molecular weight excluding hydrogens is 518 g/mol. The van der Waals surface area contributed by atoms with Gasteiger partial charge in [-0.2, -0.15) is 0 Å². The highest BCUT2D eigenvalue weighted by atomic mass is 16.5. The van der Waals surface area contributed by atoms with Crippen LogP contribution in [0.4, 0.5) is 5.69 Å². The number of carbonyl (C=O) groups excluding carboxylic acids is 1. The van der Waals surface area contributed by atoms with Gasteiger partial charge in [0.15, 0.2) is 16.9 Å². The first-order valence-corrected chi connectivity index (χ1v) is 13.6. The zero-order chi connectivity index (χ0) is 28.3.